The summed E-state index contributed by atoms with van der Waals surface area (Å²) in [6, 6.07) is 9.28. The number of benzene rings is 1. The van der Waals surface area contributed by atoms with Crippen molar-refractivity contribution < 1.29 is 5.11 Å². The van der Waals surface area contributed by atoms with Gasteiger partial charge in [-0.05, 0) is 43.2 Å². The van der Waals surface area contributed by atoms with Crippen LogP contribution in [0, 0.1) is 0 Å². The fraction of sp³-hybridized carbons (Fsp3) is 0.538. The number of halogens is 1. The summed E-state index contributed by atoms with van der Waals surface area (Å²) in [5, 5.41) is 12.7. The molecule has 2 nitrogen and oxygen atoms in total. The number of hydrogen-bond donors (Lipinski definition) is 2. The molecule has 2 rings (SSSR count). The van der Waals surface area contributed by atoms with Gasteiger partial charge >= 0.3 is 0 Å². The fourth-order valence-electron chi connectivity index (χ4n) is 1.69. The quantitative estimate of drug-likeness (QED) is 0.759. The molecule has 0 heterocycles. The number of thioether (sulfide) groups is 1. The number of aliphatic hydroxyl groups is 1. The number of nitrogens with one attached hydrogen (secondary N) is 1. The summed E-state index contributed by atoms with van der Waals surface area (Å²) in [5.74, 6) is 1.04. The lowest BCUT2D eigenvalue weighted by Crippen LogP contribution is -2.34. The molecular formula is C13H18BrNOS. The van der Waals surface area contributed by atoms with Crippen molar-refractivity contribution in [1.29, 1.82) is 0 Å². The van der Waals surface area contributed by atoms with Crippen molar-refractivity contribution in [3.05, 3.63) is 28.7 Å². The zero-order valence-corrected chi connectivity index (χ0v) is 12.1. The van der Waals surface area contributed by atoms with Gasteiger partial charge in [0.05, 0.1) is 6.61 Å². The molecule has 0 radical (unpaired) electrons. The van der Waals surface area contributed by atoms with Crippen LogP contribution < -0.4 is 5.32 Å². The van der Waals surface area contributed by atoms with E-state index >= 15 is 0 Å². The Labute approximate surface area is 115 Å². The molecule has 1 aromatic carbocycles. The van der Waals surface area contributed by atoms with Gasteiger partial charge in [-0.3, -0.25) is 0 Å². The second kappa shape index (κ2) is 6.78. The van der Waals surface area contributed by atoms with Crippen molar-refractivity contribution >= 4 is 27.7 Å². The largest absolute Gasteiger partial charge is 0.395 e. The van der Waals surface area contributed by atoms with Crippen LogP contribution >= 0.6 is 27.7 Å². The molecule has 1 aliphatic carbocycles. The fourth-order valence-corrected chi connectivity index (χ4v) is 3.26. The Morgan fingerprint density at radius 2 is 2.29 bits per heavy atom. The second-order valence-corrected chi connectivity index (χ2v) is 6.50. The van der Waals surface area contributed by atoms with Crippen molar-refractivity contribution in [2.24, 2.45) is 0 Å². The molecule has 1 aromatic rings. The molecule has 0 aliphatic heterocycles. The Hall–Kier alpha value is -0.0300. The van der Waals surface area contributed by atoms with Gasteiger partial charge in [-0.2, -0.15) is 0 Å². The van der Waals surface area contributed by atoms with Gasteiger partial charge in [0.2, 0.25) is 0 Å². The molecule has 2 N–H and O–H groups in total. The standard InChI is InChI=1S/C13H18BrNOS/c14-10-2-1-3-13(8-10)17-7-6-12(9-16)15-11-4-5-11/h1-3,8,11-12,15-16H,4-7,9H2. The van der Waals surface area contributed by atoms with Gasteiger partial charge in [0.1, 0.15) is 0 Å². The first-order chi connectivity index (χ1) is 8.28. The van der Waals surface area contributed by atoms with E-state index in [0.717, 1.165) is 16.6 Å². The lowest BCUT2D eigenvalue weighted by atomic mass is 10.2. The summed E-state index contributed by atoms with van der Waals surface area (Å²) in [7, 11) is 0. The third kappa shape index (κ3) is 5.00. The van der Waals surface area contributed by atoms with Crippen LogP contribution in [-0.4, -0.2) is 29.5 Å². The summed E-state index contributed by atoms with van der Waals surface area (Å²) in [4.78, 5) is 1.28. The predicted molar refractivity (Wildman–Crippen MR) is 76.5 cm³/mol. The molecule has 1 atom stereocenters. The Bertz CT molecular complexity index is 357. The summed E-state index contributed by atoms with van der Waals surface area (Å²) < 4.78 is 1.12. The second-order valence-electron chi connectivity index (χ2n) is 4.41. The third-order valence-electron chi connectivity index (χ3n) is 2.80. The predicted octanol–water partition coefficient (Wildman–Crippen LogP) is 3.04. The summed E-state index contributed by atoms with van der Waals surface area (Å²) >= 11 is 5.32. The first-order valence-corrected chi connectivity index (χ1v) is 7.81. The summed E-state index contributed by atoms with van der Waals surface area (Å²) in [6.07, 6.45) is 3.56. The van der Waals surface area contributed by atoms with Crippen LogP contribution in [0.2, 0.25) is 0 Å². The van der Waals surface area contributed by atoms with Crippen molar-refractivity contribution in [1.82, 2.24) is 5.32 Å². The highest BCUT2D eigenvalue weighted by atomic mass is 79.9. The van der Waals surface area contributed by atoms with Crippen molar-refractivity contribution in [3.63, 3.8) is 0 Å². The molecule has 4 heteroatoms. The van der Waals surface area contributed by atoms with Crippen molar-refractivity contribution in [2.75, 3.05) is 12.4 Å². The maximum absolute atomic E-state index is 9.26. The van der Waals surface area contributed by atoms with Gasteiger partial charge in [-0.15, -0.1) is 11.8 Å². The van der Waals surface area contributed by atoms with Gasteiger partial charge in [0, 0.05) is 21.5 Å². The minimum atomic E-state index is 0.246. The van der Waals surface area contributed by atoms with Gasteiger partial charge in [0.25, 0.3) is 0 Å². The highest BCUT2D eigenvalue weighted by Crippen LogP contribution is 2.24. The first kappa shape index (κ1) is 13.4. The molecule has 0 saturated heterocycles. The number of hydrogen-bond acceptors (Lipinski definition) is 3. The van der Waals surface area contributed by atoms with E-state index in [1.54, 1.807) is 0 Å². The smallest absolute Gasteiger partial charge is 0.0585 e. The zero-order valence-electron chi connectivity index (χ0n) is 9.73. The minimum absolute atomic E-state index is 0.246. The van der Waals surface area contributed by atoms with Gasteiger partial charge < -0.3 is 10.4 Å². The topological polar surface area (TPSA) is 32.3 Å². The average molecular weight is 316 g/mol. The Balaban J connectivity index is 1.70. The van der Waals surface area contributed by atoms with E-state index in [9.17, 15) is 5.11 Å². The van der Waals surface area contributed by atoms with Crippen molar-refractivity contribution in [2.45, 2.75) is 36.2 Å². The average Bonchev–Trinajstić information content (AvgIpc) is 3.12. The maximum atomic E-state index is 9.26. The molecule has 0 bridgehead atoms. The van der Waals surface area contributed by atoms with Crippen LogP contribution in [0.1, 0.15) is 19.3 Å². The van der Waals surface area contributed by atoms with Gasteiger partial charge in [0.15, 0.2) is 0 Å². The summed E-state index contributed by atoms with van der Waals surface area (Å²) in [5.41, 5.74) is 0. The molecule has 1 unspecified atom stereocenters. The normalized spacial score (nSPS) is 17.1. The maximum Gasteiger partial charge on any atom is 0.0585 e. The van der Waals surface area contributed by atoms with E-state index in [0.29, 0.717) is 6.04 Å². The van der Waals surface area contributed by atoms with Gasteiger partial charge in [-0.1, -0.05) is 22.0 Å². The summed E-state index contributed by atoms with van der Waals surface area (Å²) in [6.45, 7) is 0.246. The van der Waals surface area contributed by atoms with Crippen LogP contribution in [0.25, 0.3) is 0 Å². The number of rotatable bonds is 7. The van der Waals surface area contributed by atoms with E-state index in [2.05, 4.69) is 39.4 Å². The van der Waals surface area contributed by atoms with E-state index < -0.39 is 0 Å². The third-order valence-corrected chi connectivity index (χ3v) is 4.32. The molecule has 17 heavy (non-hydrogen) atoms. The van der Waals surface area contributed by atoms with Crippen LogP contribution in [-0.2, 0) is 0 Å². The molecule has 1 fully saturated rings. The molecule has 0 aromatic heterocycles. The lowest BCUT2D eigenvalue weighted by Gasteiger charge is -2.15. The van der Waals surface area contributed by atoms with Crippen LogP contribution in [0.4, 0.5) is 0 Å². The number of aliphatic hydroxyl groups excluding tert-OH is 1. The Kier molecular flexibility index (Phi) is 5.35. The minimum Gasteiger partial charge on any atom is -0.395 e. The SMILES string of the molecule is OCC(CCSc1cccc(Br)c1)NC1CC1. The van der Waals surface area contributed by atoms with E-state index in [4.69, 9.17) is 0 Å². The Morgan fingerprint density at radius 3 is 2.94 bits per heavy atom. The van der Waals surface area contributed by atoms with E-state index in [-0.39, 0.29) is 12.6 Å². The van der Waals surface area contributed by atoms with Crippen LogP contribution in [0.15, 0.2) is 33.6 Å². The van der Waals surface area contributed by atoms with Gasteiger partial charge in [-0.25, -0.2) is 0 Å². The highest BCUT2D eigenvalue weighted by Gasteiger charge is 2.23. The lowest BCUT2D eigenvalue weighted by molar-refractivity contribution is 0.239. The Morgan fingerprint density at radius 1 is 1.47 bits per heavy atom. The van der Waals surface area contributed by atoms with E-state index in [1.165, 1.54) is 17.7 Å². The first-order valence-electron chi connectivity index (χ1n) is 6.03. The molecule has 0 amide bonds. The molecule has 1 aliphatic rings. The highest BCUT2D eigenvalue weighted by molar-refractivity contribution is 9.10. The zero-order chi connectivity index (χ0) is 12.1. The van der Waals surface area contributed by atoms with E-state index in [1.807, 2.05) is 17.8 Å². The molecule has 94 valence electrons. The van der Waals surface area contributed by atoms with Crippen LogP contribution in [0.5, 0.6) is 0 Å². The molecule has 1 saturated carbocycles. The monoisotopic (exact) mass is 315 g/mol. The van der Waals surface area contributed by atoms with Crippen molar-refractivity contribution in [3.8, 4) is 0 Å². The van der Waals surface area contributed by atoms with Crippen LogP contribution in [0.3, 0.4) is 0 Å². The molecular weight excluding hydrogens is 298 g/mol. The molecule has 0 spiro atoms.